The van der Waals surface area contributed by atoms with Crippen molar-refractivity contribution in [2.24, 2.45) is 5.92 Å². The van der Waals surface area contributed by atoms with Crippen LogP contribution in [0.2, 0.25) is 0 Å². The number of amides is 5. The van der Waals surface area contributed by atoms with Crippen molar-refractivity contribution in [3.8, 4) is 0 Å². The molecule has 15 heteroatoms. The molecule has 3 rings (SSSR count). The van der Waals surface area contributed by atoms with Gasteiger partial charge in [0.25, 0.3) is 17.5 Å². The first-order valence-electron chi connectivity index (χ1n) is 14.4. The molecule has 0 bridgehead atoms. The topological polar surface area (TPSA) is 217 Å². The lowest BCUT2D eigenvalue weighted by atomic mass is 10.0. The van der Waals surface area contributed by atoms with Gasteiger partial charge in [0.05, 0.1) is 11.5 Å². The number of hydrogen-bond donors (Lipinski definition) is 5. The van der Waals surface area contributed by atoms with Gasteiger partial charge in [-0.25, -0.2) is 4.79 Å². The molecule has 1 saturated heterocycles. The van der Waals surface area contributed by atoms with Gasteiger partial charge in [-0.15, -0.1) is 0 Å². The van der Waals surface area contributed by atoms with Crippen LogP contribution in [-0.2, 0) is 19.2 Å². The number of nitro benzene ring substituents is 1. The van der Waals surface area contributed by atoms with Crippen LogP contribution >= 0.6 is 0 Å². The average Bonchev–Trinajstić information content (AvgIpc) is 3.51. The molecule has 5 amide bonds. The van der Waals surface area contributed by atoms with Gasteiger partial charge in [-0.2, -0.15) is 0 Å². The molecule has 0 spiro atoms. The van der Waals surface area contributed by atoms with E-state index in [1.807, 2.05) is 13.8 Å². The maximum Gasteiger partial charge on any atom is 0.328 e. The number of carbonyl (C=O) groups is 6. The van der Waals surface area contributed by atoms with E-state index < -0.39 is 65.1 Å². The molecule has 45 heavy (non-hydrogen) atoms. The van der Waals surface area contributed by atoms with Crippen molar-refractivity contribution < 1.29 is 38.8 Å². The molecule has 5 N–H and O–H groups in total. The smallest absolute Gasteiger partial charge is 0.328 e. The third-order valence-corrected chi connectivity index (χ3v) is 7.08. The zero-order valence-corrected chi connectivity index (χ0v) is 24.9. The lowest BCUT2D eigenvalue weighted by Crippen LogP contribution is -2.56. The summed E-state index contributed by atoms with van der Waals surface area (Å²) in [5.41, 5.74) is 0.129. The molecule has 0 aliphatic carbocycles. The second-order valence-electron chi connectivity index (χ2n) is 10.9. The average molecular weight is 625 g/mol. The third-order valence-electron chi connectivity index (χ3n) is 7.08. The summed E-state index contributed by atoms with van der Waals surface area (Å²) in [5.74, 6) is -4.42. The van der Waals surface area contributed by atoms with Crippen LogP contribution in [0.4, 0.5) is 5.69 Å². The van der Waals surface area contributed by atoms with E-state index in [-0.39, 0.29) is 30.1 Å². The number of nitrogens with one attached hydrogen (secondary N) is 4. The molecule has 240 valence electrons. The molecule has 0 saturated carbocycles. The molecule has 0 aromatic heterocycles. The highest BCUT2D eigenvalue weighted by atomic mass is 16.6. The number of nitro groups is 1. The Bertz CT molecular complexity index is 1410. The molecular formula is C30H36N6O9. The van der Waals surface area contributed by atoms with E-state index in [0.717, 1.165) is 12.1 Å². The predicted molar refractivity (Wildman–Crippen MR) is 160 cm³/mol. The SMILES string of the molecule is CC(C)C[C@H](NC(=O)[C@@H]1CCCN1C(=O)CNC(=O)c1ccccc1)C(=O)NC[C@H](NC(=O)c1ccc([N+](=O)[O-])cc1)C(=O)O. The third kappa shape index (κ3) is 9.84. The molecule has 1 heterocycles. The Hall–Kier alpha value is -5.34. The van der Waals surface area contributed by atoms with Crippen LogP contribution in [0.25, 0.3) is 0 Å². The Morgan fingerprint density at radius 2 is 1.56 bits per heavy atom. The molecule has 1 aliphatic rings. The van der Waals surface area contributed by atoms with Crippen LogP contribution in [0.3, 0.4) is 0 Å². The van der Waals surface area contributed by atoms with E-state index in [1.165, 1.54) is 17.0 Å². The van der Waals surface area contributed by atoms with Crippen molar-refractivity contribution in [3.05, 3.63) is 75.8 Å². The molecule has 1 fully saturated rings. The molecule has 3 atom stereocenters. The number of nitrogens with zero attached hydrogens (tertiary/aromatic N) is 2. The van der Waals surface area contributed by atoms with Gasteiger partial charge >= 0.3 is 5.97 Å². The van der Waals surface area contributed by atoms with E-state index in [9.17, 15) is 44.0 Å². The number of benzene rings is 2. The Balaban J connectivity index is 1.59. The quantitative estimate of drug-likeness (QED) is 0.148. The summed E-state index contributed by atoms with van der Waals surface area (Å²) in [6, 6.07) is 9.46. The molecule has 2 aromatic rings. The van der Waals surface area contributed by atoms with Crippen LogP contribution in [0.5, 0.6) is 0 Å². The maximum absolute atomic E-state index is 13.3. The van der Waals surface area contributed by atoms with Crippen LogP contribution in [0.15, 0.2) is 54.6 Å². The fraction of sp³-hybridized carbons (Fsp3) is 0.400. The van der Waals surface area contributed by atoms with Crippen molar-refractivity contribution in [2.45, 2.75) is 51.2 Å². The highest BCUT2D eigenvalue weighted by Crippen LogP contribution is 2.18. The molecule has 1 aliphatic heterocycles. The van der Waals surface area contributed by atoms with Crippen molar-refractivity contribution >= 4 is 41.2 Å². The second-order valence-corrected chi connectivity index (χ2v) is 10.9. The van der Waals surface area contributed by atoms with Gasteiger partial charge in [-0.05, 0) is 49.4 Å². The van der Waals surface area contributed by atoms with Crippen molar-refractivity contribution in [2.75, 3.05) is 19.6 Å². The van der Waals surface area contributed by atoms with Gasteiger partial charge in [0.2, 0.25) is 17.7 Å². The Kier molecular flexibility index (Phi) is 12.1. The molecule has 15 nitrogen and oxygen atoms in total. The number of carboxylic acids is 1. The molecule has 0 unspecified atom stereocenters. The molecule has 0 radical (unpaired) electrons. The monoisotopic (exact) mass is 624 g/mol. The zero-order valence-electron chi connectivity index (χ0n) is 24.9. The lowest BCUT2D eigenvalue weighted by molar-refractivity contribution is -0.384. The number of aliphatic carboxylic acids is 1. The Morgan fingerprint density at radius 3 is 2.16 bits per heavy atom. The standard InChI is InChI=1S/C30H36N6O9/c1-18(2)15-22(28(40)31-16-23(30(42)43)34-27(39)20-10-12-21(13-11-20)36(44)45)33-29(41)24-9-6-14-35(24)25(37)17-32-26(38)19-7-4-3-5-8-19/h3-5,7-8,10-13,18,22-24H,6,9,14-17H2,1-2H3,(H,31,40)(H,32,38)(H,33,41)(H,34,39)(H,42,43)/t22-,23-,24-/m0/s1. The van der Waals surface area contributed by atoms with Crippen molar-refractivity contribution in [1.29, 1.82) is 0 Å². The largest absolute Gasteiger partial charge is 0.480 e. The van der Waals surface area contributed by atoms with Gasteiger partial charge in [0.15, 0.2) is 0 Å². The highest BCUT2D eigenvalue weighted by molar-refractivity contribution is 5.98. The van der Waals surface area contributed by atoms with Gasteiger partial charge < -0.3 is 31.3 Å². The van der Waals surface area contributed by atoms with Crippen molar-refractivity contribution in [1.82, 2.24) is 26.2 Å². The summed E-state index contributed by atoms with van der Waals surface area (Å²) in [6.07, 6.45) is 1.11. The first-order valence-corrected chi connectivity index (χ1v) is 14.4. The minimum absolute atomic E-state index is 0.0154. The number of rotatable bonds is 14. The fourth-order valence-electron chi connectivity index (χ4n) is 4.76. The summed E-state index contributed by atoms with van der Waals surface area (Å²) >= 11 is 0. The summed E-state index contributed by atoms with van der Waals surface area (Å²) in [6.45, 7) is 3.14. The summed E-state index contributed by atoms with van der Waals surface area (Å²) in [5, 5.41) is 30.4. The van der Waals surface area contributed by atoms with Gasteiger partial charge in [0.1, 0.15) is 18.1 Å². The van der Waals surface area contributed by atoms with E-state index >= 15 is 0 Å². The zero-order chi connectivity index (χ0) is 33.1. The number of hydrogen-bond acceptors (Lipinski definition) is 8. The summed E-state index contributed by atoms with van der Waals surface area (Å²) in [7, 11) is 0. The van der Waals surface area contributed by atoms with Crippen LogP contribution in [0.1, 0.15) is 53.8 Å². The first-order chi connectivity index (χ1) is 21.4. The van der Waals surface area contributed by atoms with Crippen LogP contribution in [0, 0.1) is 16.0 Å². The number of likely N-dealkylation sites (tertiary alicyclic amines) is 1. The molecular weight excluding hydrogens is 588 g/mol. The van der Waals surface area contributed by atoms with Crippen molar-refractivity contribution in [3.63, 3.8) is 0 Å². The normalized spacial score (nSPS) is 15.4. The lowest BCUT2D eigenvalue weighted by Gasteiger charge is -2.27. The maximum atomic E-state index is 13.3. The fourth-order valence-corrected chi connectivity index (χ4v) is 4.76. The second kappa shape index (κ2) is 15.9. The van der Waals surface area contributed by atoms with Crippen LogP contribution < -0.4 is 21.3 Å². The van der Waals surface area contributed by atoms with Gasteiger partial charge in [-0.3, -0.25) is 34.1 Å². The number of carboxylic acid groups (broad SMARTS) is 1. The Labute approximate surface area is 258 Å². The first kappa shape index (κ1) is 34.2. The Morgan fingerprint density at radius 1 is 0.911 bits per heavy atom. The van der Waals surface area contributed by atoms with E-state index in [4.69, 9.17) is 0 Å². The summed E-state index contributed by atoms with van der Waals surface area (Å²) < 4.78 is 0. The molecule has 2 aromatic carbocycles. The minimum atomic E-state index is -1.54. The highest BCUT2D eigenvalue weighted by Gasteiger charge is 2.36. The van der Waals surface area contributed by atoms with E-state index in [1.54, 1.807) is 30.3 Å². The predicted octanol–water partition coefficient (Wildman–Crippen LogP) is 0.846. The number of carbonyl (C=O) groups excluding carboxylic acids is 5. The summed E-state index contributed by atoms with van der Waals surface area (Å²) in [4.78, 5) is 87.5. The van der Waals surface area contributed by atoms with Gasteiger partial charge in [-0.1, -0.05) is 32.0 Å². The van der Waals surface area contributed by atoms with Crippen LogP contribution in [-0.4, -0.2) is 88.2 Å². The number of non-ortho nitro benzene ring substituents is 1. The minimum Gasteiger partial charge on any atom is -0.480 e. The van der Waals surface area contributed by atoms with Gasteiger partial charge in [0, 0.05) is 36.3 Å². The van der Waals surface area contributed by atoms with E-state index in [2.05, 4.69) is 21.3 Å². The van der Waals surface area contributed by atoms with E-state index in [0.29, 0.717) is 24.9 Å².